The summed E-state index contributed by atoms with van der Waals surface area (Å²) in [7, 11) is 0. The number of carboxylic acid groups (broad SMARTS) is 1. The summed E-state index contributed by atoms with van der Waals surface area (Å²) in [5, 5.41) is 16.7. The number of aromatic nitrogens is 2. The fourth-order valence-electron chi connectivity index (χ4n) is 2.94. The molecule has 0 aromatic carbocycles. The van der Waals surface area contributed by atoms with Gasteiger partial charge in [0.25, 0.3) is 0 Å². The first-order chi connectivity index (χ1) is 16.0. The van der Waals surface area contributed by atoms with Gasteiger partial charge in [0, 0.05) is 30.5 Å². The molecule has 0 aliphatic carbocycles. The van der Waals surface area contributed by atoms with E-state index in [9.17, 15) is 29.1 Å². The third kappa shape index (κ3) is 9.39. The fraction of sp³-hybridized carbons (Fsp3) is 0.600. The molecule has 0 aliphatic rings. The Hall–Kier alpha value is -3.13. The second-order valence-electron chi connectivity index (χ2n) is 7.91. The van der Waals surface area contributed by atoms with E-state index in [2.05, 4.69) is 38.5 Å². The fourth-order valence-corrected chi connectivity index (χ4v) is 3.18. The van der Waals surface area contributed by atoms with E-state index >= 15 is 0 Å². The summed E-state index contributed by atoms with van der Waals surface area (Å²) in [5.41, 5.74) is 11.4. The smallest absolute Gasteiger partial charge is 0.327 e. The van der Waals surface area contributed by atoms with Gasteiger partial charge in [-0.3, -0.25) is 19.2 Å². The average molecular weight is 500 g/mol. The van der Waals surface area contributed by atoms with Crippen LogP contribution >= 0.6 is 12.6 Å². The zero-order chi connectivity index (χ0) is 25.8. The monoisotopic (exact) mass is 499 g/mol. The molecule has 1 aromatic rings. The lowest BCUT2D eigenvalue weighted by atomic mass is 9.97. The van der Waals surface area contributed by atoms with E-state index < -0.39 is 53.8 Å². The predicted octanol–water partition coefficient (Wildman–Crippen LogP) is -1.94. The van der Waals surface area contributed by atoms with E-state index in [4.69, 9.17) is 11.5 Å². The van der Waals surface area contributed by atoms with Crippen molar-refractivity contribution in [1.82, 2.24) is 25.9 Å². The van der Waals surface area contributed by atoms with Crippen molar-refractivity contribution in [3.05, 3.63) is 18.2 Å². The highest BCUT2D eigenvalue weighted by Crippen LogP contribution is 2.10. The Morgan fingerprint density at radius 2 is 1.76 bits per heavy atom. The quantitative estimate of drug-likeness (QED) is 0.126. The molecule has 0 fully saturated rings. The maximum absolute atomic E-state index is 13.1. The summed E-state index contributed by atoms with van der Waals surface area (Å²) in [4.78, 5) is 67.4. The Kier molecular flexibility index (Phi) is 12.1. The third-order valence-corrected chi connectivity index (χ3v) is 5.61. The lowest BCUT2D eigenvalue weighted by molar-refractivity contribution is -0.142. The van der Waals surface area contributed by atoms with Crippen LogP contribution in [0.2, 0.25) is 0 Å². The second-order valence-corrected chi connectivity index (χ2v) is 8.27. The van der Waals surface area contributed by atoms with Gasteiger partial charge in [0.1, 0.15) is 18.1 Å². The minimum atomic E-state index is -1.26. The van der Waals surface area contributed by atoms with E-state index in [1.165, 1.54) is 12.5 Å². The number of rotatable bonds is 15. The number of nitrogens with one attached hydrogen (secondary N) is 4. The van der Waals surface area contributed by atoms with Gasteiger partial charge < -0.3 is 37.5 Å². The first kappa shape index (κ1) is 28.9. The first-order valence-electron chi connectivity index (χ1n) is 10.8. The topological polar surface area (TPSA) is 222 Å². The van der Waals surface area contributed by atoms with Crippen LogP contribution in [0.25, 0.3) is 0 Å². The SMILES string of the molecule is CCC(C)C(NC(=O)C(Cc1cnc[nH]1)NC(=O)C(N)CCC(N)=O)C(=O)NC(CS)C(=O)O. The minimum absolute atomic E-state index is 0.00221. The highest BCUT2D eigenvalue weighted by Gasteiger charge is 2.32. The lowest BCUT2D eigenvalue weighted by Gasteiger charge is -2.27. The second kappa shape index (κ2) is 14.2. The molecule has 5 unspecified atom stereocenters. The van der Waals surface area contributed by atoms with Crippen molar-refractivity contribution in [3.63, 3.8) is 0 Å². The van der Waals surface area contributed by atoms with Crippen LogP contribution in [-0.4, -0.2) is 74.6 Å². The molecule has 4 amide bonds. The normalized spacial score (nSPS) is 15.3. The number of thiol groups is 1. The molecule has 1 rings (SSSR count). The molecule has 5 atom stereocenters. The number of nitrogens with two attached hydrogens (primary N) is 2. The number of nitrogens with zero attached hydrogens (tertiary/aromatic N) is 1. The number of carbonyl (C=O) groups is 5. The van der Waals surface area contributed by atoms with Crippen molar-refractivity contribution in [2.24, 2.45) is 17.4 Å². The van der Waals surface area contributed by atoms with Crippen LogP contribution in [-0.2, 0) is 30.4 Å². The van der Waals surface area contributed by atoms with Crippen LogP contribution in [0.15, 0.2) is 12.5 Å². The van der Waals surface area contributed by atoms with Crippen LogP contribution in [0.5, 0.6) is 0 Å². The largest absolute Gasteiger partial charge is 0.480 e. The number of H-pyrrole nitrogens is 1. The van der Waals surface area contributed by atoms with Gasteiger partial charge in [-0.1, -0.05) is 20.3 Å². The van der Waals surface area contributed by atoms with Gasteiger partial charge in [0.15, 0.2) is 0 Å². The zero-order valence-electron chi connectivity index (χ0n) is 19.1. The number of aromatic amines is 1. The zero-order valence-corrected chi connectivity index (χ0v) is 20.0. The predicted molar refractivity (Wildman–Crippen MR) is 125 cm³/mol. The lowest BCUT2D eigenvalue weighted by Crippen LogP contribution is -2.59. The van der Waals surface area contributed by atoms with Gasteiger partial charge in [-0.25, -0.2) is 9.78 Å². The molecule has 14 heteroatoms. The standard InChI is InChI=1S/C20H33N7O6S/c1-3-10(2)16(19(31)26-14(8-34)20(32)33)27-18(30)13(6-11-7-23-9-24-11)25-17(29)12(21)4-5-15(22)28/h7,9-10,12-14,16,34H,3-6,8,21H2,1-2H3,(H2,22,28)(H,23,24)(H,25,29)(H,26,31)(H,27,30)(H,32,33). The highest BCUT2D eigenvalue weighted by molar-refractivity contribution is 7.80. The van der Waals surface area contributed by atoms with Gasteiger partial charge in [-0.2, -0.15) is 12.6 Å². The van der Waals surface area contributed by atoms with E-state index in [1.54, 1.807) is 6.92 Å². The molecule has 1 heterocycles. The summed E-state index contributed by atoms with van der Waals surface area (Å²) in [6, 6.07) is -4.51. The number of aliphatic carboxylic acids is 1. The molecule has 0 saturated carbocycles. The van der Waals surface area contributed by atoms with Crippen LogP contribution in [0.4, 0.5) is 0 Å². The number of imidazole rings is 1. The molecular formula is C20H33N7O6S. The van der Waals surface area contributed by atoms with Crippen molar-refractivity contribution in [1.29, 1.82) is 0 Å². The van der Waals surface area contributed by atoms with Gasteiger partial charge in [0.2, 0.25) is 23.6 Å². The van der Waals surface area contributed by atoms with Gasteiger partial charge in [0.05, 0.1) is 12.4 Å². The number of amides is 4. The van der Waals surface area contributed by atoms with Gasteiger partial charge in [-0.15, -0.1) is 0 Å². The van der Waals surface area contributed by atoms with Crippen LogP contribution in [0.3, 0.4) is 0 Å². The third-order valence-electron chi connectivity index (χ3n) is 5.24. The Balaban J connectivity index is 3.03. The van der Waals surface area contributed by atoms with Gasteiger partial charge >= 0.3 is 5.97 Å². The Morgan fingerprint density at radius 1 is 1.12 bits per heavy atom. The number of carbonyl (C=O) groups excluding carboxylic acids is 4. The van der Waals surface area contributed by atoms with E-state index in [1.807, 2.05) is 6.92 Å². The maximum Gasteiger partial charge on any atom is 0.327 e. The molecule has 0 spiro atoms. The van der Waals surface area contributed by atoms with Crippen LogP contribution < -0.4 is 27.4 Å². The minimum Gasteiger partial charge on any atom is -0.480 e. The van der Waals surface area contributed by atoms with Crippen LogP contribution in [0.1, 0.15) is 38.8 Å². The molecule has 9 N–H and O–H groups in total. The molecular weight excluding hydrogens is 466 g/mol. The Morgan fingerprint density at radius 3 is 2.26 bits per heavy atom. The van der Waals surface area contributed by atoms with Crippen molar-refractivity contribution < 1.29 is 29.1 Å². The summed E-state index contributed by atoms with van der Waals surface area (Å²) >= 11 is 3.93. The highest BCUT2D eigenvalue weighted by atomic mass is 32.1. The Bertz CT molecular complexity index is 850. The average Bonchev–Trinajstić information content (AvgIpc) is 3.30. The van der Waals surface area contributed by atoms with Crippen molar-refractivity contribution in [2.75, 3.05) is 5.75 Å². The summed E-state index contributed by atoms with van der Waals surface area (Å²) in [6.07, 6.45) is 3.30. The summed E-state index contributed by atoms with van der Waals surface area (Å²) in [5.74, 6) is -4.39. The molecule has 0 bridgehead atoms. The number of hydrogen-bond acceptors (Lipinski definition) is 8. The van der Waals surface area contributed by atoms with Crippen molar-refractivity contribution in [2.45, 2.75) is 63.7 Å². The molecule has 13 nitrogen and oxygen atoms in total. The molecule has 0 saturated heterocycles. The van der Waals surface area contributed by atoms with Gasteiger partial charge in [-0.05, 0) is 12.3 Å². The number of hydrogen-bond donors (Lipinski definition) is 8. The molecule has 1 aromatic heterocycles. The van der Waals surface area contributed by atoms with E-state index in [-0.39, 0.29) is 30.9 Å². The number of carboxylic acids is 1. The first-order valence-corrected chi connectivity index (χ1v) is 11.4. The van der Waals surface area contributed by atoms with Crippen LogP contribution in [0, 0.1) is 5.92 Å². The van der Waals surface area contributed by atoms with E-state index in [0.29, 0.717) is 12.1 Å². The maximum atomic E-state index is 13.1. The molecule has 0 radical (unpaired) electrons. The van der Waals surface area contributed by atoms with Crippen molar-refractivity contribution in [3.8, 4) is 0 Å². The molecule has 34 heavy (non-hydrogen) atoms. The van der Waals surface area contributed by atoms with E-state index in [0.717, 1.165) is 0 Å². The number of primary amides is 1. The molecule has 190 valence electrons. The molecule has 0 aliphatic heterocycles. The summed E-state index contributed by atoms with van der Waals surface area (Å²) < 4.78 is 0. The summed E-state index contributed by atoms with van der Waals surface area (Å²) in [6.45, 7) is 3.54. The Labute approximate surface area is 202 Å². The van der Waals surface area contributed by atoms with Crippen molar-refractivity contribution >= 4 is 42.2 Å².